The maximum atomic E-state index is 11.2. The van der Waals surface area contributed by atoms with Crippen LogP contribution in [0.2, 0.25) is 5.02 Å². The summed E-state index contributed by atoms with van der Waals surface area (Å²) >= 11 is 5.94. The molecule has 0 saturated heterocycles. The van der Waals surface area contributed by atoms with Gasteiger partial charge in [-0.2, -0.15) is 0 Å². The van der Waals surface area contributed by atoms with Gasteiger partial charge in [-0.15, -0.1) is 0 Å². The minimum atomic E-state index is 0.361. The van der Waals surface area contributed by atoms with Crippen LogP contribution >= 0.6 is 11.6 Å². The molecule has 110 valence electrons. The van der Waals surface area contributed by atoms with Crippen LogP contribution in [0.15, 0.2) is 30.3 Å². The van der Waals surface area contributed by atoms with Gasteiger partial charge in [0.15, 0.2) is 17.8 Å². The van der Waals surface area contributed by atoms with Crippen LogP contribution in [0, 0.1) is 13.8 Å². The number of aryl methyl sites for hydroxylation is 2. The summed E-state index contributed by atoms with van der Waals surface area (Å²) in [5.41, 5.74) is 3.85. The van der Waals surface area contributed by atoms with Crippen molar-refractivity contribution >= 4 is 17.9 Å². The van der Waals surface area contributed by atoms with Gasteiger partial charge in [0.1, 0.15) is 6.61 Å². The standard InChI is InChI=1S/C17H17ClO3/c1-11-4-5-13(6-12(11)2)10-21-17-14(9-19)7-15(18)8-16(17)20-3/h4-9H,10H2,1-3H3. The van der Waals surface area contributed by atoms with E-state index in [1.54, 1.807) is 12.1 Å². The molecule has 3 nitrogen and oxygen atoms in total. The molecule has 2 aromatic rings. The zero-order chi connectivity index (χ0) is 15.4. The van der Waals surface area contributed by atoms with E-state index < -0.39 is 0 Å². The van der Waals surface area contributed by atoms with Crippen molar-refractivity contribution in [2.45, 2.75) is 20.5 Å². The van der Waals surface area contributed by atoms with Crippen molar-refractivity contribution in [3.05, 3.63) is 57.6 Å². The number of carbonyl (C=O) groups excluding carboxylic acids is 1. The molecule has 0 N–H and O–H groups in total. The van der Waals surface area contributed by atoms with Gasteiger partial charge in [-0.3, -0.25) is 4.79 Å². The van der Waals surface area contributed by atoms with E-state index in [2.05, 4.69) is 19.9 Å². The van der Waals surface area contributed by atoms with Crippen LogP contribution in [0.1, 0.15) is 27.0 Å². The largest absolute Gasteiger partial charge is 0.493 e. The van der Waals surface area contributed by atoms with Crippen LogP contribution in [0.3, 0.4) is 0 Å². The molecule has 2 aromatic carbocycles. The molecule has 0 aromatic heterocycles. The molecule has 0 heterocycles. The summed E-state index contributed by atoms with van der Waals surface area (Å²) < 4.78 is 11.0. The number of ether oxygens (including phenoxy) is 2. The van der Waals surface area contributed by atoms with Gasteiger partial charge < -0.3 is 9.47 Å². The van der Waals surface area contributed by atoms with Gasteiger partial charge in [0.05, 0.1) is 12.7 Å². The van der Waals surface area contributed by atoms with E-state index >= 15 is 0 Å². The molecule has 0 aliphatic heterocycles. The lowest BCUT2D eigenvalue weighted by molar-refractivity contribution is 0.111. The summed E-state index contributed by atoms with van der Waals surface area (Å²) in [5.74, 6) is 0.864. The summed E-state index contributed by atoms with van der Waals surface area (Å²) in [6.07, 6.45) is 0.712. The van der Waals surface area contributed by atoms with E-state index in [1.165, 1.54) is 18.2 Å². The Morgan fingerprint density at radius 3 is 2.52 bits per heavy atom. The average molecular weight is 305 g/mol. The van der Waals surface area contributed by atoms with Crippen molar-refractivity contribution < 1.29 is 14.3 Å². The van der Waals surface area contributed by atoms with Crippen molar-refractivity contribution in [1.29, 1.82) is 0 Å². The molecule has 0 aliphatic rings. The first-order valence-electron chi connectivity index (χ1n) is 6.56. The molecule has 0 fully saturated rings. The maximum absolute atomic E-state index is 11.2. The SMILES string of the molecule is COc1cc(Cl)cc(C=O)c1OCc1ccc(C)c(C)c1. The number of benzene rings is 2. The Labute approximate surface area is 129 Å². The second-order valence-electron chi connectivity index (χ2n) is 4.85. The highest BCUT2D eigenvalue weighted by Gasteiger charge is 2.12. The quantitative estimate of drug-likeness (QED) is 0.770. The topological polar surface area (TPSA) is 35.5 Å². The predicted octanol–water partition coefficient (Wildman–Crippen LogP) is 4.36. The molecular weight excluding hydrogens is 288 g/mol. The van der Waals surface area contributed by atoms with E-state index in [0.717, 1.165) is 5.56 Å². The number of carbonyl (C=O) groups is 1. The van der Waals surface area contributed by atoms with Crippen LogP contribution < -0.4 is 9.47 Å². The fourth-order valence-corrected chi connectivity index (χ4v) is 2.25. The zero-order valence-electron chi connectivity index (χ0n) is 12.3. The fourth-order valence-electron chi connectivity index (χ4n) is 2.03. The second kappa shape index (κ2) is 6.64. The highest BCUT2D eigenvalue weighted by Crippen LogP contribution is 2.34. The average Bonchev–Trinajstić information content (AvgIpc) is 2.48. The number of hydrogen-bond acceptors (Lipinski definition) is 3. The van der Waals surface area contributed by atoms with E-state index in [0.29, 0.717) is 35.0 Å². The minimum absolute atomic E-state index is 0.361. The molecule has 0 amide bonds. The molecule has 2 rings (SSSR count). The van der Waals surface area contributed by atoms with E-state index in [9.17, 15) is 4.79 Å². The minimum Gasteiger partial charge on any atom is -0.493 e. The highest BCUT2D eigenvalue weighted by atomic mass is 35.5. The van der Waals surface area contributed by atoms with E-state index in [-0.39, 0.29) is 0 Å². The molecule has 0 radical (unpaired) electrons. The number of methoxy groups -OCH3 is 1. The zero-order valence-corrected chi connectivity index (χ0v) is 13.0. The molecule has 0 atom stereocenters. The lowest BCUT2D eigenvalue weighted by Gasteiger charge is -2.14. The van der Waals surface area contributed by atoms with E-state index in [4.69, 9.17) is 21.1 Å². The molecule has 0 spiro atoms. The van der Waals surface area contributed by atoms with Crippen LogP contribution in [0.5, 0.6) is 11.5 Å². The predicted molar refractivity (Wildman–Crippen MR) is 83.6 cm³/mol. The summed E-state index contributed by atoms with van der Waals surface area (Å²) in [6, 6.07) is 9.31. The van der Waals surface area contributed by atoms with Crippen LogP contribution in [-0.4, -0.2) is 13.4 Å². The first-order valence-corrected chi connectivity index (χ1v) is 6.94. The van der Waals surface area contributed by atoms with E-state index in [1.807, 2.05) is 12.1 Å². The van der Waals surface area contributed by atoms with Gasteiger partial charge in [-0.05, 0) is 36.6 Å². The highest BCUT2D eigenvalue weighted by molar-refractivity contribution is 6.31. The molecule has 0 saturated carbocycles. The van der Waals surface area contributed by atoms with Crippen molar-refractivity contribution in [2.24, 2.45) is 0 Å². The van der Waals surface area contributed by atoms with Gasteiger partial charge >= 0.3 is 0 Å². The van der Waals surface area contributed by atoms with Crippen LogP contribution in [0.4, 0.5) is 0 Å². The second-order valence-corrected chi connectivity index (χ2v) is 5.29. The Hall–Kier alpha value is -2.00. The summed E-state index contributed by atoms with van der Waals surface area (Å²) in [5, 5.41) is 0.437. The van der Waals surface area contributed by atoms with Crippen LogP contribution in [0.25, 0.3) is 0 Å². The fraction of sp³-hybridized carbons (Fsp3) is 0.235. The molecule has 4 heteroatoms. The lowest BCUT2D eigenvalue weighted by atomic mass is 10.1. The van der Waals surface area contributed by atoms with Gasteiger partial charge in [0.2, 0.25) is 0 Å². The van der Waals surface area contributed by atoms with Crippen molar-refractivity contribution in [3.8, 4) is 11.5 Å². The Morgan fingerprint density at radius 1 is 1.14 bits per heavy atom. The summed E-state index contributed by atoms with van der Waals surface area (Å²) in [7, 11) is 1.52. The first-order chi connectivity index (χ1) is 10.0. The smallest absolute Gasteiger partial charge is 0.172 e. The number of hydrogen-bond donors (Lipinski definition) is 0. The number of aldehydes is 1. The first kappa shape index (κ1) is 15.4. The number of halogens is 1. The third-order valence-corrected chi connectivity index (χ3v) is 3.57. The van der Waals surface area contributed by atoms with Crippen molar-refractivity contribution in [1.82, 2.24) is 0 Å². The summed E-state index contributed by atoms with van der Waals surface area (Å²) in [6.45, 7) is 4.48. The van der Waals surface area contributed by atoms with Gasteiger partial charge in [0.25, 0.3) is 0 Å². The lowest BCUT2D eigenvalue weighted by Crippen LogP contribution is -2.01. The summed E-state index contributed by atoms with van der Waals surface area (Å²) in [4.78, 5) is 11.2. The van der Waals surface area contributed by atoms with Crippen LogP contribution in [-0.2, 0) is 6.61 Å². The van der Waals surface area contributed by atoms with Gasteiger partial charge in [-0.25, -0.2) is 0 Å². The van der Waals surface area contributed by atoms with Crippen molar-refractivity contribution in [3.63, 3.8) is 0 Å². The van der Waals surface area contributed by atoms with Gasteiger partial charge in [0, 0.05) is 11.1 Å². The molecular formula is C17H17ClO3. The Morgan fingerprint density at radius 2 is 1.90 bits per heavy atom. The Kier molecular flexibility index (Phi) is 4.86. The maximum Gasteiger partial charge on any atom is 0.172 e. The number of rotatable bonds is 5. The molecule has 0 aliphatic carbocycles. The normalized spacial score (nSPS) is 10.3. The molecule has 0 unspecified atom stereocenters. The van der Waals surface area contributed by atoms with Gasteiger partial charge in [-0.1, -0.05) is 29.8 Å². The molecule has 0 bridgehead atoms. The third-order valence-electron chi connectivity index (χ3n) is 3.35. The Balaban J connectivity index is 2.26. The third kappa shape index (κ3) is 3.56. The molecule has 21 heavy (non-hydrogen) atoms. The monoisotopic (exact) mass is 304 g/mol. The van der Waals surface area contributed by atoms with Crippen molar-refractivity contribution in [2.75, 3.05) is 7.11 Å². The Bertz CT molecular complexity index is 665.